The first-order valence-corrected chi connectivity index (χ1v) is 6.55. The Bertz CT molecular complexity index is 420. The molecule has 1 heterocycles. The third-order valence-corrected chi connectivity index (χ3v) is 2.85. The number of nitrogens with zero attached hydrogens (tertiary/aromatic N) is 1. The summed E-state index contributed by atoms with van der Waals surface area (Å²) < 4.78 is 5.00. The largest absolute Gasteiger partial charge is 0.396 e. The van der Waals surface area contributed by atoms with Crippen molar-refractivity contribution in [3.05, 3.63) is 28.5 Å². The molecule has 2 N–H and O–H groups in total. The van der Waals surface area contributed by atoms with Crippen LogP contribution in [0.3, 0.4) is 0 Å². The van der Waals surface area contributed by atoms with Crippen molar-refractivity contribution < 1.29 is 14.6 Å². The van der Waals surface area contributed by atoms with E-state index < -0.39 is 0 Å². The van der Waals surface area contributed by atoms with Crippen molar-refractivity contribution in [2.45, 2.75) is 25.8 Å². The number of halogens is 1. The van der Waals surface area contributed by atoms with E-state index in [1.54, 1.807) is 13.2 Å². The van der Waals surface area contributed by atoms with Crippen molar-refractivity contribution in [1.82, 2.24) is 10.3 Å². The second-order valence-corrected chi connectivity index (χ2v) is 4.55. The number of amides is 1. The van der Waals surface area contributed by atoms with E-state index in [0.29, 0.717) is 30.2 Å². The third-order valence-electron chi connectivity index (χ3n) is 2.65. The van der Waals surface area contributed by atoms with E-state index in [1.165, 1.54) is 6.07 Å². The van der Waals surface area contributed by atoms with Crippen molar-refractivity contribution in [3.63, 3.8) is 0 Å². The van der Waals surface area contributed by atoms with E-state index >= 15 is 0 Å². The molecular formula is C13H19ClN2O3. The minimum absolute atomic E-state index is 0.00832. The second-order valence-electron chi connectivity index (χ2n) is 4.16. The lowest BCUT2D eigenvalue weighted by atomic mass is 10.1. The number of aryl methyl sites for hydroxylation is 1. The van der Waals surface area contributed by atoms with Gasteiger partial charge in [0.1, 0.15) is 5.15 Å². The Morgan fingerprint density at radius 2 is 2.32 bits per heavy atom. The topological polar surface area (TPSA) is 71.5 Å². The van der Waals surface area contributed by atoms with Crippen molar-refractivity contribution in [2.24, 2.45) is 0 Å². The van der Waals surface area contributed by atoms with Gasteiger partial charge in [-0.1, -0.05) is 18.5 Å². The highest BCUT2D eigenvalue weighted by molar-refractivity contribution is 6.29. The van der Waals surface area contributed by atoms with Gasteiger partial charge in [0.15, 0.2) is 0 Å². The molecule has 0 radical (unpaired) electrons. The standard InChI is InChI=1S/C13H19ClN2O3/c1-3-10-6-9(7-12(14)15-10)13(18)16-11(4-5-17)8-19-2/h6-7,11,17H,3-5,8H2,1-2H3,(H,16,18). The fraction of sp³-hybridized carbons (Fsp3) is 0.538. The van der Waals surface area contributed by atoms with Crippen LogP contribution in [0.2, 0.25) is 5.15 Å². The number of ether oxygens (including phenoxy) is 1. The van der Waals surface area contributed by atoms with Gasteiger partial charge in [0.2, 0.25) is 0 Å². The summed E-state index contributed by atoms with van der Waals surface area (Å²) in [6.07, 6.45) is 1.15. The summed E-state index contributed by atoms with van der Waals surface area (Å²) in [4.78, 5) is 16.2. The Morgan fingerprint density at radius 3 is 2.89 bits per heavy atom. The number of nitrogens with one attached hydrogen (secondary N) is 1. The van der Waals surface area contributed by atoms with Crippen LogP contribution in [-0.2, 0) is 11.2 Å². The zero-order chi connectivity index (χ0) is 14.3. The molecule has 0 aliphatic rings. The molecule has 19 heavy (non-hydrogen) atoms. The molecule has 0 saturated heterocycles. The Hall–Kier alpha value is -1.17. The predicted molar refractivity (Wildman–Crippen MR) is 73.5 cm³/mol. The quantitative estimate of drug-likeness (QED) is 0.744. The van der Waals surface area contributed by atoms with Gasteiger partial charge in [-0.15, -0.1) is 0 Å². The molecular weight excluding hydrogens is 268 g/mol. The fourth-order valence-corrected chi connectivity index (χ4v) is 1.91. The number of hydrogen-bond acceptors (Lipinski definition) is 4. The average Bonchev–Trinajstić information content (AvgIpc) is 2.38. The lowest BCUT2D eigenvalue weighted by Crippen LogP contribution is -2.38. The van der Waals surface area contributed by atoms with Crippen molar-refractivity contribution in [1.29, 1.82) is 0 Å². The van der Waals surface area contributed by atoms with Crippen LogP contribution in [-0.4, -0.2) is 42.4 Å². The molecule has 0 bridgehead atoms. The third kappa shape index (κ3) is 5.14. The summed E-state index contributed by atoms with van der Waals surface area (Å²) in [6.45, 7) is 2.29. The minimum atomic E-state index is -0.241. The average molecular weight is 287 g/mol. The Morgan fingerprint density at radius 1 is 1.58 bits per heavy atom. The van der Waals surface area contributed by atoms with Gasteiger partial charge in [0.05, 0.1) is 12.6 Å². The maximum absolute atomic E-state index is 12.1. The molecule has 0 saturated carbocycles. The molecule has 0 aromatic carbocycles. The summed E-state index contributed by atoms with van der Waals surface area (Å²) in [7, 11) is 1.55. The first-order valence-electron chi connectivity index (χ1n) is 6.17. The number of rotatable bonds is 7. The summed E-state index contributed by atoms with van der Waals surface area (Å²) in [5.74, 6) is -0.241. The summed E-state index contributed by atoms with van der Waals surface area (Å²) in [5.41, 5.74) is 1.24. The minimum Gasteiger partial charge on any atom is -0.396 e. The molecule has 1 atom stereocenters. The smallest absolute Gasteiger partial charge is 0.251 e. The van der Waals surface area contributed by atoms with Crippen molar-refractivity contribution in [3.8, 4) is 0 Å². The zero-order valence-corrected chi connectivity index (χ0v) is 11.9. The molecule has 1 aromatic rings. The molecule has 1 aromatic heterocycles. The molecule has 0 aliphatic carbocycles. The van der Waals surface area contributed by atoms with E-state index in [2.05, 4.69) is 10.3 Å². The Labute approximate surface area is 117 Å². The Kier molecular flexibility index (Phi) is 6.77. The Balaban J connectivity index is 2.78. The van der Waals surface area contributed by atoms with Gasteiger partial charge in [-0.2, -0.15) is 0 Å². The van der Waals surface area contributed by atoms with Crippen molar-refractivity contribution in [2.75, 3.05) is 20.3 Å². The van der Waals surface area contributed by atoms with E-state index in [9.17, 15) is 4.79 Å². The molecule has 106 valence electrons. The molecule has 0 aliphatic heterocycles. The number of methoxy groups -OCH3 is 1. The van der Waals surface area contributed by atoms with E-state index in [-0.39, 0.29) is 18.6 Å². The van der Waals surface area contributed by atoms with E-state index in [1.807, 2.05) is 6.92 Å². The second kappa shape index (κ2) is 8.09. The summed E-state index contributed by atoms with van der Waals surface area (Å²) >= 11 is 5.88. The van der Waals surface area contributed by atoms with E-state index in [0.717, 1.165) is 5.69 Å². The number of aliphatic hydroxyl groups is 1. The lowest BCUT2D eigenvalue weighted by Gasteiger charge is -2.17. The van der Waals surface area contributed by atoms with E-state index in [4.69, 9.17) is 21.4 Å². The number of hydrogen-bond donors (Lipinski definition) is 2. The molecule has 1 rings (SSSR count). The van der Waals surface area contributed by atoms with Gasteiger partial charge in [-0.05, 0) is 25.0 Å². The number of carbonyl (C=O) groups is 1. The van der Waals surface area contributed by atoms with Crippen LogP contribution in [0, 0.1) is 0 Å². The van der Waals surface area contributed by atoms with Crippen LogP contribution >= 0.6 is 11.6 Å². The molecule has 6 heteroatoms. The van der Waals surface area contributed by atoms with Gasteiger partial charge in [-0.25, -0.2) is 4.98 Å². The lowest BCUT2D eigenvalue weighted by molar-refractivity contribution is 0.0878. The first kappa shape index (κ1) is 15.9. The normalized spacial score (nSPS) is 12.2. The van der Waals surface area contributed by atoms with Gasteiger partial charge >= 0.3 is 0 Å². The van der Waals surface area contributed by atoms with Crippen LogP contribution in [0.25, 0.3) is 0 Å². The monoisotopic (exact) mass is 286 g/mol. The molecule has 0 fully saturated rings. The van der Waals surface area contributed by atoms with Gasteiger partial charge in [-0.3, -0.25) is 4.79 Å². The highest BCUT2D eigenvalue weighted by Gasteiger charge is 2.14. The summed E-state index contributed by atoms with van der Waals surface area (Å²) in [6, 6.07) is 3.02. The fourth-order valence-electron chi connectivity index (χ4n) is 1.69. The van der Waals surface area contributed by atoms with Crippen LogP contribution in [0.4, 0.5) is 0 Å². The number of aromatic nitrogens is 1. The molecule has 1 unspecified atom stereocenters. The van der Waals surface area contributed by atoms with Crippen LogP contribution in [0.15, 0.2) is 12.1 Å². The molecule has 5 nitrogen and oxygen atoms in total. The maximum Gasteiger partial charge on any atom is 0.251 e. The number of carbonyl (C=O) groups excluding carboxylic acids is 1. The van der Waals surface area contributed by atoms with Crippen LogP contribution in [0.1, 0.15) is 29.4 Å². The maximum atomic E-state index is 12.1. The highest BCUT2D eigenvalue weighted by atomic mass is 35.5. The van der Waals surface area contributed by atoms with Gasteiger partial charge in [0, 0.05) is 25.0 Å². The van der Waals surface area contributed by atoms with Crippen LogP contribution < -0.4 is 5.32 Å². The molecule has 1 amide bonds. The zero-order valence-electron chi connectivity index (χ0n) is 11.1. The SMILES string of the molecule is CCc1cc(C(=O)NC(CCO)COC)cc(Cl)n1. The predicted octanol–water partition coefficient (Wildman–Crippen LogP) is 1.42. The first-order chi connectivity index (χ1) is 9.10. The molecule has 0 spiro atoms. The van der Waals surface area contributed by atoms with Gasteiger partial charge in [0.25, 0.3) is 5.91 Å². The number of pyridine rings is 1. The summed E-state index contributed by atoms with van der Waals surface area (Å²) in [5, 5.41) is 12.0. The van der Waals surface area contributed by atoms with Crippen LogP contribution in [0.5, 0.6) is 0 Å². The van der Waals surface area contributed by atoms with Crippen molar-refractivity contribution >= 4 is 17.5 Å². The number of aliphatic hydroxyl groups excluding tert-OH is 1. The highest BCUT2D eigenvalue weighted by Crippen LogP contribution is 2.12. The van der Waals surface area contributed by atoms with Gasteiger partial charge < -0.3 is 15.2 Å².